The number of hydrogen-bond acceptors (Lipinski definition) is 4. The van der Waals surface area contributed by atoms with Crippen molar-refractivity contribution in [2.45, 2.75) is 25.7 Å². The molecule has 2 aliphatic rings. The summed E-state index contributed by atoms with van der Waals surface area (Å²) in [6, 6.07) is 6.50. The number of nitro groups is 1. The van der Waals surface area contributed by atoms with Crippen molar-refractivity contribution in [3.8, 4) is 6.07 Å². The first kappa shape index (κ1) is 12.9. The average molecular weight is 271 g/mol. The minimum Gasteiger partial charge on any atom is -0.379 e. The Bertz CT molecular complexity index is 559. The lowest BCUT2D eigenvalue weighted by atomic mass is 9.98. The summed E-state index contributed by atoms with van der Waals surface area (Å²) in [6.07, 6.45) is 5.18. The second kappa shape index (κ2) is 5.12. The maximum Gasteiger partial charge on any atom is 0.292 e. The minimum atomic E-state index is -0.396. The molecule has 0 amide bonds. The van der Waals surface area contributed by atoms with Gasteiger partial charge in [0.25, 0.3) is 5.69 Å². The van der Waals surface area contributed by atoms with Crippen LogP contribution >= 0.6 is 0 Å². The first-order valence-corrected chi connectivity index (χ1v) is 7.11. The minimum absolute atomic E-state index is 0.0503. The van der Waals surface area contributed by atoms with Gasteiger partial charge in [-0.3, -0.25) is 10.1 Å². The standard InChI is InChI=1S/C15H17N3O2/c16-8-10-1-6-15(18(19)20)14(7-10)17-9-13(11-2-3-11)12-4-5-12/h1,6-7,11-13,17H,2-5,9H2. The summed E-state index contributed by atoms with van der Waals surface area (Å²) >= 11 is 0. The topological polar surface area (TPSA) is 79.0 Å². The van der Waals surface area contributed by atoms with Gasteiger partial charge in [-0.25, -0.2) is 0 Å². The molecule has 2 saturated carbocycles. The van der Waals surface area contributed by atoms with Gasteiger partial charge in [-0.05, 0) is 55.6 Å². The van der Waals surface area contributed by atoms with Gasteiger partial charge in [0.1, 0.15) is 5.69 Å². The van der Waals surface area contributed by atoms with Crippen LogP contribution in [0.5, 0.6) is 0 Å². The molecule has 0 aromatic heterocycles. The Kier molecular flexibility index (Phi) is 3.31. The van der Waals surface area contributed by atoms with E-state index in [1.807, 2.05) is 6.07 Å². The predicted molar refractivity (Wildman–Crippen MR) is 75.2 cm³/mol. The fourth-order valence-electron chi connectivity index (χ4n) is 2.90. The van der Waals surface area contributed by atoms with Crippen LogP contribution in [0.3, 0.4) is 0 Å². The van der Waals surface area contributed by atoms with Crippen molar-refractivity contribution >= 4 is 11.4 Å². The molecule has 1 aromatic carbocycles. The molecule has 0 aliphatic heterocycles. The number of rotatable bonds is 6. The van der Waals surface area contributed by atoms with Crippen molar-refractivity contribution in [2.24, 2.45) is 17.8 Å². The van der Waals surface area contributed by atoms with Crippen molar-refractivity contribution < 1.29 is 4.92 Å². The number of nitrogens with one attached hydrogen (secondary N) is 1. The smallest absolute Gasteiger partial charge is 0.292 e. The highest BCUT2D eigenvalue weighted by Gasteiger charge is 2.41. The third-order valence-electron chi connectivity index (χ3n) is 4.31. The maximum atomic E-state index is 11.0. The van der Waals surface area contributed by atoms with Crippen molar-refractivity contribution in [1.29, 1.82) is 5.26 Å². The van der Waals surface area contributed by atoms with E-state index < -0.39 is 4.92 Å². The highest BCUT2D eigenvalue weighted by atomic mass is 16.6. The number of nitro benzene ring substituents is 1. The van der Waals surface area contributed by atoms with E-state index in [2.05, 4.69) is 5.32 Å². The van der Waals surface area contributed by atoms with Gasteiger partial charge >= 0.3 is 0 Å². The zero-order valence-corrected chi connectivity index (χ0v) is 11.2. The Hall–Kier alpha value is -2.09. The Labute approximate surface area is 117 Å². The van der Waals surface area contributed by atoms with Crippen LogP contribution in [0.15, 0.2) is 18.2 Å². The molecule has 2 aliphatic carbocycles. The van der Waals surface area contributed by atoms with Crippen LogP contribution in [0.1, 0.15) is 31.2 Å². The largest absolute Gasteiger partial charge is 0.379 e. The molecule has 0 unspecified atom stereocenters. The summed E-state index contributed by atoms with van der Waals surface area (Å²) in [5, 5.41) is 23.2. The van der Waals surface area contributed by atoms with E-state index in [-0.39, 0.29) is 5.69 Å². The molecule has 0 spiro atoms. The van der Waals surface area contributed by atoms with Crippen LogP contribution in [0, 0.1) is 39.2 Å². The highest BCUT2D eigenvalue weighted by molar-refractivity contribution is 5.64. The summed E-state index contributed by atoms with van der Waals surface area (Å²) in [7, 11) is 0. The summed E-state index contributed by atoms with van der Waals surface area (Å²) in [5.74, 6) is 2.24. The molecule has 1 N–H and O–H groups in total. The normalized spacial score (nSPS) is 17.8. The molecule has 2 fully saturated rings. The Balaban J connectivity index is 1.74. The van der Waals surface area contributed by atoms with E-state index in [1.165, 1.54) is 37.8 Å². The SMILES string of the molecule is N#Cc1ccc([N+](=O)[O-])c(NCC(C2CC2)C2CC2)c1. The van der Waals surface area contributed by atoms with E-state index >= 15 is 0 Å². The zero-order valence-electron chi connectivity index (χ0n) is 11.2. The van der Waals surface area contributed by atoms with Crippen LogP contribution in [0.4, 0.5) is 11.4 Å². The monoisotopic (exact) mass is 271 g/mol. The Morgan fingerprint density at radius 1 is 1.35 bits per heavy atom. The lowest BCUT2D eigenvalue weighted by Gasteiger charge is -2.17. The molecule has 0 heterocycles. The summed E-state index contributed by atoms with van der Waals surface area (Å²) in [5.41, 5.74) is 0.974. The van der Waals surface area contributed by atoms with Gasteiger partial charge in [-0.2, -0.15) is 5.26 Å². The van der Waals surface area contributed by atoms with Crippen molar-refractivity contribution in [1.82, 2.24) is 0 Å². The summed E-state index contributed by atoms with van der Waals surface area (Å²) < 4.78 is 0. The molecular formula is C15H17N3O2. The number of nitrogens with zero attached hydrogens (tertiary/aromatic N) is 2. The number of nitriles is 1. The Morgan fingerprint density at radius 2 is 2.00 bits per heavy atom. The molecule has 5 nitrogen and oxygen atoms in total. The zero-order chi connectivity index (χ0) is 14.1. The number of benzene rings is 1. The molecule has 0 bridgehead atoms. The molecule has 0 saturated heterocycles. The van der Waals surface area contributed by atoms with E-state index in [9.17, 15) is 10.1 Å². The van der Waals surface area contributed by atoms with Gasteiger partial charge < -0.3 is 5.32 Å². The van der Waals surface area contributed by atoms with Crippen molar-refractivity contribution in [3.05, 3.63) is 33.9 Å². The quantitative estimate of drug-likeness (QED) is 0.636. The summed E-state index contributed by atoms with van der Waals surface area (Å²) in [4.78, 5) is 10.6. The molecule has 3 rings (SSSR count). The molecule has 0 atom stereocenters. The third kappa shape index (κ3) is 2.74. The molecule has 20 heavy (non-hydrogen) atoms. The first-order chi connectivity index (χ1) is 9.69. The average Bonchev–Trinajstić information content (AvgIpc) is 3.31. The van der Waals surface area contributed by atoms with E-state index in [0.717, 1.165) is 18.4 Å². The van der Waals surface area contributed by atoms with Crippen LogP contribution in [-0.2, 0) is 0 Å². The number of hydrogen-bond donors (Lipinski definition) is 1. The van der Waals surface area contributed by atoms with Crippen molar-refractivity contribution in [2.75, 3.05) is 11.9 Å². The van der Waals surface area contributed by atoms with Crippen LogP contribution in [-0.4, -0.2) is 11.5 Å². The number of anilines is 1. The van der Waals surface area contributed by atoms with Crippen LogP contribution in [0.25, 0.3) is 0 Å². The van der Waals surface area contributed by atoms with Gasteiger partial charge in [0.15, 0.2) is 0 Å². The Morgan fingerprint density at radius 3 is 2.50 bits per heavy atom. The van der Waals surface area contributed by atoms with Gasteiger partial charge in [0.05, 0.1) is 16.6 Å². The molecule has 1 aromatic rings. The highest BCUT2D eigenvalue weighted by Crippen LogP contribution is 2.49. The van der Waals surface area contributed by atoms with Gasteiger partial charge in [-0.1, -0.05) is 0 Å². The molecule has 0 radical (unpaired) electrons. The van der Waals surface area contributed by atoms with E-state index in [0.29, 0.717) is 17.2 Å². The van der Waals surface area contributed by atoms with Crippen LogP contribution in [0.2, 0.25) is 0 Å². The lowest BCUT2D eigenvalue weighted by Crippen LogP contribution is -2.18. The molecule has 104 valence electrons. The molecular weight excluding hydrogens is 254 g/mol. The van der Waals surface area contributed by atoms with Gasteiger partial charge in [-0.15, -0.1) is 0 Å². The lowest BCUT2D eigenvalue weighted by molar-refractivity contribution is -0.384. The van der Waals surface area contributed by atoms with Gasteiger partial charge in [0.2, 0.25) is 0 Å². The fraction of sp³-hybridized carbons (Fsp3) is 0.533. The van der Waals surface area contributed by atoms with Crippen molar-refractivity contribution in [3.63, 3.8) is 0 Å². The first-order valence-electron chi connectivity index (χ1n) is 7.11. The summed E-state index contributed by atoms with van der Waals surface area (Å²) in [6.45, 7) is 0.783. The third-order valence-corrected chi connectivity index (χ3v) is 4.31. The van der Waals surface area contributed by atoms with E-state index in [1.54, 1.807) is 6.07 Å². The maximum absolute atomic E-state index is 11.0. The van der Waals surface area contributed by atoms with E-state index in [4.69, 9.17) is 5.26 Å². The fourth-order valence-corrected chi connectivity index (χ4v) is 2.90. The predicted octanol–water partition coefficient (Wildman–Crippen LogP) is 3.31. The van der Waals surface area contributed by atoms with Gasteiger partial charge in [0, 0.05) is 12.6 Å². The molecule has 5 heteroatoms. The second-order valence-electron chi connectivity index (χ2n) is 5.82. The second-order valence-corrected chi connectivity index (χ2v) is 5.82. The van der Waals surface area contributed by atoms with Crippen LogP contribution < -0.4 is 5.32 Å².